The predicted octanol–water partition coefficient (Wildman–Crippen LogP) is 3.72. The molecule has 2 aromatic heterocycles. The van der Waals surface area contributed by atoms with Crippen LogP contribution in [0.5, 0.6) is 0 Å². The van der Waals surface area contributed by atoms with Crippen LogP contribution in [-0.2, 0) is 6.54 Å². The van der Waals surface area contributed by atoms with Crippen LogP contribution in [0.15, 0.2) is 59.8 Å². The van der Waals surface area contributed by atoms with Crippen molar-refractivity contribution in [2.45, 2.75) is 18.9 Å². The first-order valence-corrected chi connectivity index (χ1v) is 10.7. The first-order chi connectivity index (χ1) is 15.1. The molecule has 1 fully saturated rings. The van der Waals surface area contributed by atoms with Crippen molar-refractivity contribution in [3.05, 3.63) is 92.9 Å². The number of piperidine rings is 1. The largest absolute Gasteiger partial charge is 0.336 e. The number of benzene rings is 1. The lowest BCUT2D eigenvalue weighted by Crippen LogP contribution is -2.49. The average Bonchev–Trinajstić information content (AvgIpc) is 2.80. The molecule has 2 aliphatic heterocycles. The molecule has 4 heterocycles. The highest BCUT2D eigenvalue weighted by Gasteiger charge is 2.37. The molecule has 1 aromatic carbocycles. The molecule has 2 aliphatic rings. The van der Waals surface area contributed by atoms with Crippen molar-refractivity contribution in [2.24, 2.45) is 5.92 Å². The fraction of sp³-hybridized carbons (Fsp3) is 0.250. The Balaban J connectivity index is 1.47. The molecule has 0 aliphatic carbocycles. The van der Waals surface area contributed by atoms with Gasteiger partial charge >= 0.3 is 0 Å². The molecule has 3 aromatic rings. The quantitative estimate of drug-likeness (QED) is 0.632. The lowest BCUT2D eigenvalue weighted by molar-refractivity contribution is 0.0588. The predicted molar refractivity (Wildman–Crippen MR) is 120 cm³/mol. The highest BCUT2D eigenvalue weighted by atomic mass is 35.5. The van der Waals surface area contributed by atoms with Gasteiger partial charge in [-0.2, -0.15) is 0 Å². The van der Waals surface area contributed by atoms with E-state index in [0.29, 0.717) is 30.4 Å². The van der Waals surface area contributed by atoms with Gasteiger partial charge in [0, 0.05) is 54.7 Å². The summed E-state index contributed by atoms with van der Waals surface area (Å²) in [7, 11) is 0. The number of fused-ring (bicyclic) bond motifs is 4. The summed E-state index contributed by atoms with van der Waals surface area (Å²) in [6.45, 7) is 1.82. The van der Waals surface area contributed by atoms with Gasteiger partial charge in [0.05, 0.1) is 6.20 Å². The molecule has 1 amide bonds. The summed E-state index contributed by atoms with van der Waals surface area (Å²) in [5.41, 5.74) is 3.42. The van der Waals surface area contributed by atoms with Crippen LogP contribution < -0.4 is 5.56 Å². The van der Waals surface area contributed by atoms with Crippen LogP contribution in [0.2, 0.25) is 5.02 Å². The number of aromatic nitrogens is 3. The van der Waals surface area contributed by atoms with E-state index in [0.717, 1.165) is 23.2 Å². The molecule has 2 atom stereocenters. The lowest BCUT2D eigenvalue weighted by Gasteiger charge is -2.43. The molecule has 156 valence electrons. The third-order valence-electron chi connectivity index (χ3n) is 6.02. The average molecular weight is 433 g/mol. The monoisotopic (exact) mass is 432 g/mol. The van der Waals surface area contributed by atoms with Crippen LogP contribution in [-0.4, -0.2) is 38.4 Å². The number of pyridine rings is 1. The fourth-order valence-electron chi connectivity index (χ4n) is 4.69. The zero-order valence-electron chi connectivity index (χ0n) is 16.8. The second-order valence-corrected chi connectivity index (χ2v) is 8.54. The first-order valence-electron chi connectivity index (χ1n) is 10.3. The zero-order valence-corrected chi connectivity index (χ0v) is 17.6. The minimum atomic E-state index is -0.104. The standard InChI is InChI=1S/C24H21ClN4O2/c25-20-6-2-16(3-7-20)1-4-18-5-8-22(30)29-14-17-11-19(23(18)29)15-28(13-17)24(31)21-12-26-9-10-27-21/h1-10,12,17,19H,11,13-15H2/b4-1+/t17-,19+/m0/s1. The van der Waals surface area contributed by atoms with E-state index in [4.69, 9.17) is 11.6 Å². The molecule has 0 N–H and O–H groups in total. The van der Waals surface area contributed by atoms with Crippen molar-refractivity contribution in [3.63, 3.8) is 0 Å². The molecule has 7 heteroatoms. The Kier molecular flexibility index (Phi) is 5.16. The molecule has 2 bridgehead atoms. The normalized spacial score (nSPS) is 20.0. The SMILES string of the molecule is O=C(c1cnccn1)N1C[C@@H]2C[C@H](C1)c1c(/C=C/c3ccc(Cl)cc3)ccc(=O)n1C2. The molecular formula is C24H21ClN4O2. The van der Waals surface area contributed by atoms with Crippen molar-refractivity contribution in [1.82, 2.24) is 19.4 Å². The Morgan fingerprint density at radius 3 is 2.65 bits per heavy atom. The van der Waals surface area contributed by atoms with Gasteiger partial charge in [-0.3, -0.25) is 14.6 Å². The van der Waals surface area contributed by atoms with Crippen LogP contribution in [0.1, 0.15) is 39.6 Å². The summed E-state index contributed by atoms with van der Waals surface area (Å²) in [5, 5.41) is 0.696. The number of likely N-dealkylation sites (tertiary alicyclic amines) is 1. The van der Waals surface area contributed by atoms with E-state index >= 15 is 0 Å². The Hall–Kier alpha value is -3.25. The van der Waals surface area contributed by atoms with E-state index in [-0.39, 0.29) is 23.3 Å². The number of carbonyl (C=O) groups is 1. The summed E-state index contributed by atoms with van der Waals surface area (Å²) in [4.78, 5) is 35.6. The van der Waals surface area contributed by atoms with Gasteiger partial charge in [-0.1, -0.05) is 35.9 Å². The fourth-order valence-corrected chi connectivity index (χ4v) is 4.81. The highest BCUT2D eigenvalue weighted by Crippen LogP contribution is 2.37. The molecular weight excluding hydrogens is 412 g/mol. The zero-order chi connectivity index (χ0) is 21.4. The van der Waals surface area contributed by atoms with E-state index in [1.54, 1.807) is 12.3 Å². The Morgan fingerprint density at radius 2 is 1.87 bits per heavy atom. The topological polar surface area (TPSA) is 68.1 Å². The Bertz CT molecular complexity index is 1200. The van der Waals surface area contributed by atoms with Gasteiger partial charge in [-0.25, -0.2) is 4.98 Å². The second kappa shape index (κ2) is 8.12. The van der Waals surface area contributed by atoms with Crippen LogP contribution in [0.4, 0.5) is 0 Å². The van der Waals surface area contributed by atoms with E-state index in [2.05, 4.69) is 9.97 Å². The van der Waals surface area contributed by atoms with Gasteiger partial charge in [0.25, 0.3) is 11.5 Å². The third-order valence-corrected chi connectivity index (χ3v) is 6.27. The molecule has 0 saturated carbocycles. The van der Waals surface area contributed by atoms with Crippen molar-refractivity contribution >= 4 is 29.7 Å². The van der Waals surface area contributed by atoms with E-state index < -0.39 is 0 Å². The van der Waals surface area contributed by atoms with Gasteiger partial charge in [0.2, 0.25) is 0 Å². The number of hydrogen-bond acceptors (Lipinski definition) is 4. The number of carbonyl (C=O) groups excluding carboxylic acids is 1. The number of nitrogens with zero attached hydrogens (tertiary/aromatic N) is 4. The van der Waals surface area contributed by atoms with E-state index in [1.165, 1.54) is 12.4 Å². The van der Waals surface area contributed by atoms with Gasteiger partial charge in [-0.15, -0.1) is 0 Å². The van der Waals surface area contributed by atoms with E-state index in [9.17, 15) is 9.59 Å². The van der Waals surface area contributed by atoms with Gasteiger partial charge in [0.15, 0.2) is 0 Å². The van der Waals surface area contributed by atoms with Crippen molar-refractivity contribution in [2.75, 3.05) is 13.1 Å². The highest BCUT2D eigenvalue weighted by molar-refractivity contribution is 6.30. The summed E-state index contributed by atoms with van der Waals surface area (Å²) in [5.74, 6) is 0.250. The second-order valence-electron chi connectivity index (χ2n) is 8.11. The van der Waals surface area contributed by atoms with Gasteiger partial charge < -0.3 is 9.47 Å². The number of hydrogen-bond donors (Lipinski definition) is 0. The number of halogens is 1. The smallest absolute Gasteiger partial charge is 0.274 e. The maximum Gasteiger partial charge on any atom is 0.274 e. The molecule has 1 saturated heterocycles. The maximum atomic E-state index is 13.0. The van der Waals surface area contributed by atoms with Crippen LogP contribution in [0.3, 0.4) is 0 Å². The number of amides is 1. The summed E-state index contributed by atoms with van der Waals surface area (Å²) in [6.07, 6.45) is 9.63. The minimum absolute atomic E-state index is 0.0158. The van der Waals surface area contributed by atoms with E-state index in [1.807, 2.05) is 52.0 Å². The molecule has 0 unspecified atom stereocenters. The maximum absolute atomic E-state index is 13.0. The Labute approximate surface area is 184 Å². The van der Waals surface area contributed by atoms with Crippen molar-refractivity contribution in [3.8, 4) is 0 Å². The molecule has 31 heavy (non-hydrogen) atoms. The van der Waals surface area contributed by atoms with Crippen LogP contribution in [0.25, 0.3) is 12.2 Å². The van der Waals surface area contributed by atoms with Gasteiger partial charge in [-0.05, 0) is 41.7 Å². The lowest BCUT2D eigenvalue weighted by atomic mass is 9.81. The first kappa shape index (κ1) is 19.7. The third kappa shape index (κ3) is 3.91. The van der Waals surface area contributed by atoms with Crippen molar-refractivity contribution in [1.29, 1.82) is 0 Å². The van der Waals surface area contributed by atoms with Crippen molar-refractivity contribution < 1.29 is 4.79 Å². The molecule has 6 nitrogen and oxygen atoms in total. The van der Waals surface area contributed by atoms with Crippen LogP contribution in [0, 0.1) is 5.92 Å². The summed E-state index contributed by atoms with van der Waals surface area (Å²) >= 11 is 5.98. The summed E-state index contributed by atoms with van der Waals surface area (Å²) in [6, 6.07) is 11.1. The molecule has 0 radical (unpaired) electrons. The van der Waals surface area contributed by atoms with Crippen LogP contribution >= 0.6 is 11.6 Å². The molecule has 5 rings (SSSR count). The summed E-state index contributed by atoms with van der Waals surface area (Å²) < 4.78 is 1.89. The molecule has 0 spiro atoms. The van der Waals surface area contributed by atoms with Gasteiger partial charge in [0.1, 0.15) is 5.69 Å². The Morgan fingerprint density at radius 1 is 1.03 bits per heavy atom. The number of rotatable bonds is 3. The minimum Gasteiger partial charge on any atom is -0.336 e.